The van der Waals surface area contributed by atoms with Gasteiger partial charge in [-0.2, -0.15) is 0 Å². The van der Waals surface area contributed by atoms with E-state index in [1.54, 1.807) is 32.1 Å². The Labute approximate surface area is 183 Å². The molecule has 29 heavy (non-hydrogen) atoms. The van der Waals surface area contributed by atoms with Crippen LogP contribution in [0.5, 0.6) is 0 Å². The Morgan fingerprint density at radius 2 is 1.45 bits per heavy atom. The summed E-state index contributed by atoms with van der Waals surface area (Å²) in [6.45, 7) is 18.1. The molecule has 10 unspecified atom stereocenters. The van der Waals surface area contributed by atoms with Gasteiger partial charge in [-0.15, -0.1) is 0 Å². The first-order valence-corrected chi connectivity index (χ1v) is 13.7. The van der Waals surface area contributed by atoms with Gasteiger partial charge in [0.1, 0.15) is 0 Å². The van der Waals surface area contributed by atoms with Gasteiger partial charge in [0.2, 0.25) is 0 Å². The van der Waals surface area contributed by atoms with E-state index in [9.17, 15) is 0 Å². The third-order valence-electron chi connectivity index (χ3n) is 11.5. The predicted octanol–water partition coefficient (Wildman–Crippen LogP) is 8.99. The highest BCUT2D eigenvalue weighted by Crippen LogP contribution is 2.69. The highest BCUT2D eigenvalue weighted by atomic mass is 14.7. The van der Waals surface area contributed by atoms with Crippen molar-refractivity contribution in [3.8, 4) is 0 Å². The molecule has 0 aromatic heterocycles. The van der Waals surface area contributed by atoms with Gasteiger partial charge in [0.15, 0.2) is 0 Å². The molecule has 0 amide bonds. The molecule has 4 aliphatic rings. The maximum absolute atomic E-state index is 2.76. The summed E-state index contributed by atoms with van der Waals surface area (Å²) in [5.41, 5.74) is 1.32. The Morgan fingerprint density at radius 1 is 0.759 bits per heavy atom. The summed E-state index contributed by atoms with van der Waals surface area (Å²) < 4.78 is 0. The molecule has 0 heteroatoms. The molecule has 0 radical (unpaired) electrons. The lowest BCUT2D eigenvalue weighted by molar-refractivity contribution is -0.140. The van der Waals surface area contributed by atoms with E-state index in [2.05, 4.69) is 48.5 Å². The van der Waals surface area contributed by atoms with E-state index in [0.29, 0.717) is 10.8 Å². The summed E-state index contributed by atoms with van der Waals surface area (Å²) in [6.07, 6.45) is 16.7. The summed E-state index contributed by atoms with van der Waals surface area (Å²) in [5.74, 6) is 8.92. The van der Waals surface area contributed by atoms with E-state index in [4.69, 9.17) is 0 Å². The quantitative estimate of drug-likeness (QED) is 0.432. The Kier molecular flexibility index (Phi) is 6.25. The third kappa shape index (κ3) is 3.75. The third-order valence-corrected chi connectivity index (χ3v) is 11.5. The molecule has 0 aromatic rings. The summed E-state index contributed by atoms with van der Waals surface area (Å²) in [4.78, 5) is 0. The van der Waals surface area contributed by atoms with Crippen LogP contribution in [0.15, 0.2) is 0 Å². The zero-order chi connectivity index (χ0) is 21.0. The fourth-order valence-electron chi connectivity index (χ4n) is 9.96. The van der Waals surface area contributed by atoms with Crippen LogP contribution >= 0.6 is 0 Å². The lowest BCUT2D eigenvalue weighted by Crippen LogP contribution is -2.55. The van der Waals surface area contributed by atoms with Crippen molar-refractivity contribution in [2.45, 2.75) is 119 Å². The van der Waals surface area contributed by atoms with Crippen LogP contribution in [0.4, 0.5) is 0 Å². The standard InChI is InChI=1S/C29H52/c1-19(2)9-8-10-21(4)24-11-12-25-23-18-22(5)27-17-20(3)13-15-29(27,7)26(23)14-16-28(24,25)6/h19-27H,8-18H2,1-7H3. The molecule has 0 heterocycles. The molecule has 0 aromatic carbocycles. The van der Waals surface area contributed by atoms with Crippen molar-refractivity contribution < 1.29 is 0 Å². The molecule has 4 saturated carbocycles. The molecule has 4 fully saturated rings. The largest absolute Gasteiger partial charge is 0.0628 e. The van der Waals surface area contributed by atoms with Crippen LogP contribution in [0.2, 0.25) is 0 Å². The lowest BCUT2D eigenvalue weighted by atomic mass is 9.42. The number of hydrogen-bond acceptors (Lipinski definition) is 0. The average Bonchev–Trinajstić information content (AvgIpc) is 3.00. The maximum atomic E-state index is 2.76. The maximum Gasteiger partial charge on any atom is -0.0264 e. The van der Waals surface area contributed by atoms with Gasteiger partial charge in [0, 0.05) is 0 Å². The van der Waals surface area contributed by atoms with Crippen LogP contribution in [0.1, 0.15) is 119 Å². The SMILES string of the molecule is CC(C)CCCC(C)C1CCC2C3CC(C)C4CC(C)CCC4(C)C3CCC12C. The van der Waals surface area contributed by atoms with Crippen molar-refractivity contribution >= 4 is 0 Å². The second-order valence-electron chi connectivity index (χ2n) is 13.6. The lowest BCUT2D eigenvalue weighted by Gasteiger charge is -2.63. The van der Waals surface area contributed by atoms with Gasteiger partial charge in [-0.1, -0.05) is 74.1 Å². The first-order valence-electron chi connectivity index (χ1n) is 13.7. The van der Waals surface area contributed by atoms with Crippen LogP contribution in [-0.2, 0) is 0 Å². The molecule has 4 rings (SSSR count). The molecule has 10 atom stereocenters. The van der Waals surface area contributed by atoms with Gasteiger partial charge in [0.05, 0.1) is 0 Å². The van der Waals surface area contributed by atoms with Crippen LogP contribution < -0.4 is 0 Å². The highest BCUT2D eigenvalue weighted by molar-refractivity contribution is 5.10. The topological polar surface area (TPSA) is 0 Å². The molecule has 0 saturated heterocycles. The van der Waals surface area contributed by atoms with Crippen molar-refractivity contribution in [2.24, 2.45) is 64.1 Å². The fraction of sp³-hybridized carbons (Fsp3) is 1.00. The summed E-state index contributed by atoms with van der Waals surface area (Å²) in [5, 5.41) is 0. The minimum absolute atomic E-state index is 0.656. The van der Waals surface area contributed by atoms with Gasteiger partial charge in [-0.25, -0.2) is 0 Å². The Morgan fingerprint density at radius 3 is 2.17 bits per heavy atom. The normalized spacial score (nSPS) is 50.7. The van der Waals surface area contributed by atoms with E-state index < -0.39 is 0 Å². The van der Waals surface area contributed by atoms with Crippen LogP contribution in [0.3, 0.4) is 0 Å². The minimum atomic E-state index is 0.656. The molecule has 168 valence electrons. The Bertz CT molecular complexity index is 562. The van der Waals surface area contributed by atoms with Gasteiger partial charge in [0.25, 0.3) is 0 Å². The van der Waals surface area contributed by atoms with E-state index in [0.717, 1.165) is 53.3 Å². The van der Waals surface area contributed by atoms with E-state index in [1.807, 2.05) is 0 Å². The second-order valence-corrected chi connectivity index (χ2v) is 13.6. The van der Waals surface area contributed by atoms with Crippen molar-refractivity contribution in [2.75, 3.05) is 0 Å². The molecule has 0 N–H and O–H groups in total. The van der Waals surface area contributed by atoms with Crippen molar-refractivity contribution in [1.29, 1.82) is 0 Å². The fourth-order valence-corrected chi connectivity index (χ4v) is 9.96. The van der Waals surface area contributed by atoms with Crippen molar-refractivity contribution in [3.63, 3.8) is 0 Å². The number of hydrogen-bond donors (Lipinski definition) is 0. The monoisotopic (exact) mass is 400 g/mol. The predicted molar refractivity (Wildman–Crippen MR) is 127 cm³/mol. The van der Waals surface area contributed by atoms with Crippen LogP contribution in [0, 0.1) is 64.1 Å². The minimum Gasteiger partial charge on any atom is -0.0628 e. The summed E-state index contributed by atoms with van der Waals surface area (Å²) in [6, 6.07) is 0. The first kappa shape index (κ1) is 22.2. The molecular formula is C29H52. The molecule has 0 aliphatic heterocycles. The molecule has 0 nitrogen and oxygen atoms in total. The van der Waals surface area contributed by atoms with Crippen molar-refractivity contribution in [1.82, 2.24) is 0 Å². The summed E-state index contributed by atoms with van der Waals surface area (Å²) in [7, 11) is 0. The van der Waals surface area contributed by atoms with Gasteiger partial charge >= 0.3 is 0 Å². The average molecular weight is 401 g/mol. The highest BCUT2D eigenvalue weighted by Gasteiger charge is 2.61. The zero-order valence-electron chi connectivity index (χ0n) is 21.0. The van der Waals surface area contributed by atoms with Gasteiger partial charge in [-0.05, 0) is 109 Å². The van der Waals surface area contributed by atoms with E-state index in [-0.39, 0.29) is 0 Å². The van der Waals surface area contributed by atoms with Crippen LogP contribution in [-0.4, -0.2) is 0 Å². The Hall–Kier alpha value is 0. The Balaban J connectivity index is 1.50. The smallest absolute Gasteiger partial charge is 0.0264 e. The zero-order valence-corrected chi connectivity index (χ0v) is 21.0. The van der Waals surface area contributed by atoms with E-state index >= 15 is 0 Å². The molecule has 0 bridgehead atoms. The van der Waals surface area contributed by atoms with E-state index in [1.165, 1.54) is 38.5 Å². The number of fused-ring (bicyclic) bond motifs is 5. The van der Waals surface area contributed by atoms with Crippen molar-refractivity contribution in [3.05, 3.63) is 0 Å². The molecular weight excluding hydrogens is 348 g/mol. The number of rotatable bonds is 5. The van der Waals surface area contributed by atoms with Gasteiger partial charge in [-0.3, -0.25) is 0 Å². The van der Waals surface area contributed by atoms with Gasteiger partial charge < -0.3 is 0 Å². The van der Waals surface area contributed by atoms with Crippen LogP contribution in [0.25, 0.3) is 0 Å². The molecule has 0 spiro atoms. The molecule has 4 aliphatic carbocycles. The summed E-state index contributed by atoms with van der Waals surface area (Å²) >= 11 is 0. The second kappa shape index (κ2) is 8.16. The first-order chi connectivity index (χ1) is 13.7.